The Hall–Kier alpha value is -3.62. The summed E-state index contributed by atoms with van der Waals surface area (Å²) >= 11 is 0. The van der Waals surface area contributed by atoms with Crippen LogP contribution in [0.5, 0.6) is 23.0 Å². The summed E-state index contributed by atoms with van der Waals surface area (Å²) in [5, 5.41) is 24.0. The van der Waals surface area contributed by atoms with Gasteiger partial charge in [0.2, 0.25) is 0 Å². The third-order valence-corrected chi connectivity index (χ3v) is 12.0. The Morgan fingerprint density at radius 3 is 1.11 bits per heavy atom. The fourth-order valence-electron chi connectivity index (χ4n) is 7.29. The van der Waals surface area contributed by atoms with E-state index in [0.29, 0.717) is 97.3 Å². The van der Waals surface area contributed by atoms with Crippen molar-refractivity contribution in [3.05, 3.63) is 116 Å². The number of para-hydroxylation sites is 2. The molecule has 0 saturated carbocycles. The van der Waals surface area contributed by atoms with E-state index < -0.39 is 15.2 Å². The van der Waals surface area contributed by atoms with Crippen LogP contribution in [-0.4, -0.2) is 55.3 Å². The molecule has 304 valence electrons. The van der Waals surface area contributed by atoms with Gasteiger partial charge in [0.1, 0.15) is 23.0 Å². The molecular formula is C44H58O10P2. The molecule has 10 nitrogen and oxygen atoms in total. The zero-order valence-electron chi connectivity index (χ0n) is 33.0. The molecule has 56 heavy (non-hydrogen) atoms. The molecule has 0 saturated heterocycles. The van der Waals surface area contributed by atoms with Gasteiger partial charge in [0.25, 0.3) is 0 Å². The molecule has 0 fully saturated rings. The normalized spacial score (nSPS) is 13.3. The highest BCUT2D eigenvalue weighted by Gasteiger charge is 2.23. The highest BCUT2D eigenvalue weighted by atomic mass is 31.2. The first-order valence-corrected chi connectivity index (χ1v) is 23.3. The summed E-state index contributed by atoms with van der Waals surface area (Å²) in [4.78, 5) is 38.3. The summed E-state index contributed by atoms with van der Waals surface area (Å²) in [5.74, 6) is 2.45. The van der Waals surface area contributed by atoms with Crippen molar-refractivity contribution in [1.82, 2.24) is 0 Å². The molecule has 0 atom stereocenters. The van der Waals surface area contributed by atoms with Crippen LogP contribution in [0.1, 0.15) is 109 Å². The van der Waals surface area contributed by atoms with Crippen LogP contribution in [-0.2, 0) is 47.7 Å². The van der Waals surface area contributed by atoms with E-state index in [9.17, 15) is 38.9 Å². The van der Waals surface area contributed by atoms with Gasteiger partial charge >= 0.3 is 15.2 Å². The van der Waals surface area contributed by atoms with Gasteiger partial charge in [-0.2, -0.15) is 0 Å². The quantitative estimate of drug-likeness (QED) is 0.0529. The largest absolute Gasteiger partial charge is 0.507 e. The monoisotopic (exact) mass is 808 g/mol. The van der Waals surface area contributed by atoms with Crippen molar-refractivity contribution in [3.63, 3.8) is 0 Å². The van der Waals surface area contributed by atoms with Crippen molar-refractivity contribution in [2.24, 2.45) is 11.8 Å². The van der Waals surface area contributed by atoms with Gasteiger partial charge in [0, 0.05) is 25.7 Å². The van der Waals surface area contributed by atoms with E-state index in [-0.39, 0.29) is 36.7 Å². The summed E-state index contributed by atoms with van der Waals surface area (Å²) in [6.45, 7) is 9.46. The minimum absolute atomic E-state index is 0.149. The third-order valence-electron chi connectivity index (χ3n) is 10.2. The van der Waals surface area contributed by atoms with Crippen molar-refractivity contribution >= 4 is 15.2 Å². The van der Waals surface area contributed by atoms with Crippen molar-refractivity contribution in [2.75, 3.05) is 25.5 Å². The average Bonchev–Trinajstić information content (AvgIpc) is 3.09. The molecule has 0 spiro atoms. The first-order chi connectivity index (χ1) is 26.5. The lowest BCUT2D eigenvalue weighted by atomic mass is 9.89. The predicted molar refractivity (Wildman–Crippen MR) is 221 cm³/mol. The number of hydrogen-bond acceptors (Lipinski definition) is 6. The van der Waals surface area contributed by atoms with Gasteiger partial charge < -0.3 is 39.3 Å². The Morgan fingerprint density at radius 2 is 0.839 bits per heavy atom. The van der Waals surface area contributed by atoms with Gasteiger partial charge in [-0.25, -0.2) is 0 Å². The average molecular weight is 809 g/mol. The predicted octanol–water partition coefficient (Wildman–Crippen LogP) is 8.84. The molecule has 4 aromatic carbocycles. The molecule has 0 amide bonds. The van der Waals surface area contributed by atoms with Crippen LogP contribution < -0.4 is 9.47 Å². The minimum Gasteiger partial charge on any atom is -0.507 e. The van der Waals surface area contributed by atoms with Crippen LogP contribution in [0.2, 0.25) is 0 Å². The second-order valence-corrected chi connectivity index (χ2v) is 19.6. The van der Waals surface area contributed by atoms with Crippen molar-refractivity contribution < 1.29 is 48.4 Å². The fourth-order valence-corrected chi connectivity index (χ4v) is 8.43. The lowest BCUT2D eigenvalue weighted by molar-refractivity contribution is 0.284. The van der Waals surface area contributed by atoms with E-state index in [1.54, 1.807) is 0 Å². The molecule has 8 bridgehead atoms. The van der Waals surface area contributed by atoms with Crippen molar-refractivity contribution in [3.8, 4) is 23.0 Å². The maximum Gasteiger partial charge on any atom is 0.325 e. The lowest BCUT2D eigenvalue weighted by Gasteiger charge is -2.22. The van der Waals surface area contributed by atoms with Crippen LogP contribution in [0.15, 0.2) is 60.7 Å². The summed E-state index contributed by atoms with van der Waals surface area (Å²) < 4.78 is 36.6. The standard InChI is InChI=1S/C44H58O10P2/c1-29(2)15-17-53-43-33-11-5-12-34(43)26-38-22-32(10-8-20-56(50,51)52)24-40(42(38)46)28-36-14-6-13-35(44(36)54-18-16-30(3)4)27-39-23-31(9-7-19-55(47,48)49)21-37(25-33)41(39)45/h5-6,11-14,21-24,29-30,45-46H,7-10,15-20,25-28H2,1-4H3,(H2,47,48,49)(H2,50,51,52). The Labute approximate surface area is 331 Å². The maximum atomic E-state index is 12.0. The molecule has 1 aliphatic rings. The number of benzene rings is 4. The Bertz CT molecular complexity index is 1830. The van der Waals surface area contributed by atoms with Gasteiger partial charge in [-0.15, -0.1) is 0 Å². The zero-order chi connectivity index (χ0) is 40.6. The summed E-state index contributed by atoms with van der Waals surface area (Å²) in [6, 6.07) is 19.5. The van der Waals surface area contributed by atoms with E-state index in [2.05, 4.69) is 27.7 Å². The Balaban J connectivity index is 1.71. The Morgan fingerprint density at radius 1 is 0.536 bits per heavy atom. The molecule has 4 aromatic rings. The van der Waals surface area contributed by atoms with Crippen LogP contribution in [0.25, 0.3) is 0 Å². The Kier molecular flexibility index (Phi) is 14.9. The SMILES string of the molecule is CC(C)CCOc1c2cccc1Cc1cc(CCCP(=O)(O)O)cc(c1O)Cc1cccc(c1OCCC(C)C)Cc1cc(CCCP(=O)(O)O)cc(c1O)C2. The second kappa shape index (κ2) is 19.2. The number of phenolic OH excluding ortho intramolecular Hbond substituents is 2. The summed E-state index contributed by atoms with van der Waals surface area (Å²) in [6.07, 6.45) is 3.90. The second-order valence-electron chi connectivity index (χ2n) is 16.1. The molecule has 5 rings (SSSR count). The van der Waals surface area contributed by atoms with E-state index in [0.717, 1.165) is 46.2 Å². The molecule has 6 N–H and O–H groups in total. The summed E-state index contributed by atoms with van der Waals surface area (Å²) in [7, 11) is -8.37. The van der Waals surface area contributed by atoms with E-state index >= 15 is 0 Å². The van der Waals surface area contributed by atoms with Crippen LogP contribution in [0.3, 0.4) is 0 Å². The number of ether oxygens (including phenoxy) is 2. The van der Waals surface area contributed by atoms with Gasteiger partial charge in [-0.1, -0.05) is 88.4 Å². The molecule has 0 radical (unpaired) electrons. The van der Waals surface area contributed by atoms with Crippen LogP contribution in [0.4, 0.5) is 0 Å². The van der Waals surface area contributed by atoms with Gasteiger partial charge in [0.15, 0.2) is 0 Å². The molecular weight excluding hydrogens is 750 g/mol. The molecule has 0 unspecified atom stereocenters. The molecule has 0 aromatic heterocycles. The highest BCUT2D eigenvalue weighted by molar-refractivity contribution is 7.52. The van der Waals surface area contributed by atoms with Gasteiger partial charge in [-0.3, -0.25) is 9.13 Å². The summed E-state index contributed by atoms with van der Waals surface area (Å²) in [5.41, 5.74) is 7.81. The number of aromatic hydroxyl groups is 2. The van der Waals surface area contributed by atoms with Crippen molar-refractivity contribution in [2.45, 2.75) is 91.9 Å². The number of rotatable bonds is 16. The molecule has 0 aliphatic heterocycles. The molecule has 1 aliphatic carbocycles. The van der Waals surface area contributed by atoms with Gasteiger partial charge in [0.05, 0.1) is 25.5 Å². The number of hydrogen-bond donors (Lipinski definition) is 6. The van der Waals surface area contributed by atoms with Crippen LogP contribution in [0, 0.1) is 11.8 Å². The minimum atomic E-state index is -4.18. The first kappa shape index (κ1) is 43.5. The number of phenols is 2. The topological polar surface area (TPSA) is 174 Å². The van der Waals surface area contributed by atoms with Crippen LogP contribution >= 0.6 is 15.2 Å². The smallest absolute Gasteiger partial charge is 0.325 e. The first-order valence-electron chi connectivity index (χ1n) is 19.7. The van der Waals surface area contributed by atoms with E-state index in [1.165, 1.54) is 0 Å². The van der Waals surface area contributed by atoms with Gasteiger partial charge in [-0.05, 0) is 106 Å². The zero-order valence-corrected chi connectivity index (χ0v) is 34.8. The maximum absolute atomic E-state index is 12.0. The fraction of sp³-hybridized carbons (Fsp3) is 0.455. The van der Waals surface area contributed by atoms with E-state index in [1.807, 2.05) is 60.7 Å². The number of aryl methyl sites for hydroxylation is 2. The highest BCUT2D eigenvalue weighted by Crippen LogP contribution is 2.41. The number of fused-ring (bicyclic) bond motifs is 8. The molecule has 12 heteroatoms. The van der Waals surface area contributed by atoms with Crippen molar-refractivity contribution in [1.29, 1.82) is 0 Å². The third kappa shape index (κ3) is 12.7. The molecule has 0 heterocycles. The lowest BCUT2D eigenvalue weighted by Crippen LogP contribution is -2.09. The van der Waals surface area contributed by atoms with E-state index in [4.69, 9.17) is 9.47 Å².